The molecule has 0 fully saturated rings. The molecule has 0 aromatic carbocycles. The van der Waals surface area contributed by atoms with Crippen molar-refractivity contribution in [1.82, 2.24) is 29.4 Å². The SMILES string of the molecule is CC1c2nnc(C(F)(F)F)n2CCN1C(=O)c1cnn(C)c1. The van der Waals surface area contributed by atoms with E-state index >= 15 is 0 Å². The summed E-state index contributed by atoms with van der Waals surface area (Å²) >= 11 is 0. The lowest BCUT2D eigenvalue weighted by molar-refractivity contribution is -0.148. The van der Waals surface area contributed by atoms with Gasteiger partial charge in [0.15, 0.2) is 5.82 Å². The Labute approximate surface area is 123 Å². The molecule has 22 heavy (non-hydrogen) atoms. The lowest BCUT2D eigenvalue weighted by Gasteiger charge is -2.33. The predicted molar refractivity (Wildman–Crippen MR) is 67.7 cm³/mol. The second-order valence-electron chi connectivity index (χ2n) is 5.11. The molecule has 0 saturated carbocycles. The zero-order valence-corrected chi connectivity index (χ0v) is 11.9. The van der Waals surface area contributed by atoms with Crippen LogP contribution in [-0.4, -0.2) is 41.9 Å². The van der Waals surface area contributed by atoms with Crippen LogP contribution in [0.1, 0.15) is 35.0 Å². The molecular weight excluding hydrogens is 301 g/mol. The number of nitrogens with zero attached hydrogens (tertiary/aromatic N) is 6. The molecule has 3 rings (SSSR count). The van der Waals surface area contributed by atoms with E-state index in [2.05, 4.69) is 15.3 Å². The molecule has 0 radical (unpaired) electrons. The summed E-state index contributed by atoms with van der Waals surface area (Å²) in [5.74, 6) is -1.18. The molecule has 0 spiro atoms. The fraction of sp³-hybridized carbons (Fsp3) is 0.500. The zero-order chi connectivity index (χ0) is 16.1. The summed E-state index contributed by atoms with van der Waals surface area (Å²) < 4.78 is 41.1. The average Bonchev–Trinajstić information content (AvgIpc) is 3.04. The summed E-state index contributed by atoms with van der Waals surface area (Å²) in [6.45, 7) is 1.80. The van der Waals surface area contributed by atoms with Crippen LogP contribution in [-0.2, 0) is 19.8 Å². The first-order chi connectivity index (χ1) is 10.3. The maximum atomic E-state index is 12.8. The van der Waals surface area contributed by atoms with Crippen LogP contribution in [0.3, 0.4) is 0 Å². The van der Waals surface area contributed by atoms with Crippen molar-refractivity contribution in [3.8, 4) is 0 Å². The van der Waals surface area contributed by atoms with E-state index in [1.165, 1.54) is 15.8 Å². The van der Waals surface area contributed by atoms with Crippen LogP contribution in [0.25, 0.3) is 0 Å². The van der Waals surface area contributed by atoms with E-state index in [4.69, 9.17) is 0 Å². The number of aryl methyl sites for hydroxylation is 1. The molecule has 1 aliphatic heterocycles. The third-order valence-corrected chi connectivity index (χ3v) is 3.65. The van der Waals surface area contributed by atoms with Crippen LogP contribution in [0.2, 0.25) is 0 Å². The third-order valence-electron chi connectivity index (χ3n) is 3.65. The smallest absolute Gasteiger partial charge is 0.327 e. The highest BCUT2D eigenvalue weighted by atomic mass is 19.4. The summed E-state index contributed by atoms with van der Waals surface area (Å²) in [6, 6.07) is -0.593. The quantitative estimate of drug-likeness (QED) is 0.794. The summed E-state index contributed by atoms with van der Waals surface area (Å²) in [5.41, 5.74) is 0.387. The van der Waals surface area contributed by atoms with Gasteiger partial charge in [-0.1, -0.05) is 0 Å². The van der Waals surface area contributed by atoms with Crippen LogP contribution >= 0.6 is 0 Å². The number of halogens is 3. The van der Waals surface area contributed by atoms with Gasteiger partial charge in [-0.3, -0.25) is 9.48 Å². The number of rotatable bonds is 1. The Morgan fingerprint density at radius 1 is 1.32 bits per heavy atom. The Balaban J connectivity index is 1.90. The van der Waals surface area contributed by atoms with Gasteiger partial charge < -0.3 is 9.47 Å². The number of hydrogen-bond donors (Lipinski definition) is 0. The van der Waals surface area contributed by atoms with E-state index in [-0.39, 0.29) is 24.8 Å². The van der Waals surface area contributed by atoms with E-state index in [1.807, 2.05) is 0 Å². The van der Waals surface area contributed by atoms with Crippen molar-refractivity contribution < 1.29 is 18.0 Å². The van der Waals surface area contributed by atoms with Crippen molar-refractivity contribution in [3.63, 3.8) is 0 Å². The summed E-state index contributed by atoms with van der Waals surface area (Å²) in [6.07, 6.45) is -1.56. The average molecular weight is 314 g/mol. The molecule has 10 heteroatoms. The van der Waals surface area contributed by atoms with Gasteiger partial charge in [0.05, 0.1) is 17.8 Å². The van der Waals surface area contributed by atoms with Gasteiger partial charge in [-0.05, 0) is 6.92 Å². The molecule has 3 heterocycles. The highest BCUT2D eigenvalue weighted by molar-refractivity contribution is 5.94. The highest BCUT2D eigenvalue weighted by Gasteiger charge is 2.41. The Morgan fingerprint density at radius 3 is 2.64 bits per heavy atom. The second kappa shape index (κ2) is 4.82. The molecule has 1 unspecified atom stereocenters. The molecule has 0 bridgehead atoms. The molecule has 7 nitrogen and oxygen atoms in total. The number of carbonyl (C=O) groups is 1. The second-order valence-corrected chi connectivity index (χ2v) is 5.11. The molecule has 2 aromatic heterocycles. The van der Waals surface area contributed by atoms with E-state index in [1.54, 1.807) is 20.2 Å². The summed E-state index contributed by atoms with van der Waals surface area (Å²) in [5, 5.41) is 10.8. The van der Waals surface area contributed by atoms with Crippen molar-refractivity contribution in [2.45, 2.75) is 25.7 Å². The van der Waals surface area contributed by atoms with Gasteiger partial charge in [0.2, 0.25) is 5.82 Å². The fourth-order valence-electron chi connectivity index (χ4n) is 2.57. The maximum Gasteiger partial charge on any atom is 0.451 e. The first kappa shape index (κ1) is 14.5. The number of carbonyl (C=O) groups excluding carboxylic acids is 1. The molecule has 1 atom stereocenters. The van der Waals surface area contributed by atoms with Crippen molar-refractivity contribution in [2.24, 2.45) is 7.05 Å². The molecule has 0 aliphatic carbocycles. The molecule has 118 valence electrons. The Bertz CT molecular complexity index is 719. The number of aromatic nitrogens is 5. The van der Waals surface area contributed by atoms with Gasteiger partial charge in [-0.25, -0.2) is 0 Å². The monoisotopic (exact) mass is 314 g/mol. The topological polar surface area (TPSA) is 68.8 Å². The first-order valence-electron chi connectivity index (χ1n) is 6.59. The maximum absolute atomic E-state index is 12.8. The van der Waals surface area contributed by atoms with Crippen molar-refractivity contribution in [1.29, 1.82) is 0 Å². The predicted octanol–water partition coefficient (Wildman–Crippen LogP) is 1.25. The van der Waals surface area contributed by atoms with Gasteiger partial charge in [0.1, 0.15) is 0 Å². The molecule has 1 amide bonds. The van der Waals surface area contributed by atoms with Crippen LogP contribution in [0.4, 0.5) is 13.2 Å². The van der Waals surface area contributed by atoms with Crippen LogP contribution in [0.5, 0.6) is 0 Å². The fourth-order valence-corrected chi connectivity index (χ4v) is 2.57. The molecule has 0 saturated heterocycles. The van der Waals surface area contributed by atoms with Gasteiger partial charge in [-0.15, -0.1) is 10.2 Å². The standard InChI is InChI=1S/C12H13F3N6O/c1-7-9-17-18-11(12(13,14)15)21(9)4-3-20(7)10(22)8-5-16-19(2)6-8/h5-7H,3-4H2,1-2H3. The van der Waals surface area contributed by atoms with Crippen LogP contribution in [0.15, 0.2) is 12.4 Å². The van der Waals surface area contributed by atoms with E-state index in [0.717, 1.165) is 4.57 Å². The zero-order valence-electron chi connectivity index (χ0n) is 11.9. The lowest BCUT2D eigenvalue weighted by Crippen LogP contribution is -2.41. The lowest BCUT2D eigenvalue weighted by atomic mass is 10.1. The largest absolute Gasteiger partial charge is 0.451 e. The molecular formula is C12H13F3N6O. The minimum Gasteiger partial charge on any atom is -0.327 e. The minimum atomic E-state index is -4.56. The number of hydrogen-bond acceptors (Lipinski definition) is 4. The molecule has 1 aliphatic rings. The molecule has 0 N–H and O–H groups in total. The van der Waals surface area contributed by atoms with Crippen LogP contribution in [0, 0.1) is 0 Å². The van der Waals surface area contributed by atoms with Crippen LogP contribution < -0.4 is 0 Å². The Morgan fingerprint density at radius 2 is 2.05 bits per heavy atom. The summed E-state index contributed by atoms with van der Waals surface area (Å²) in [7, 11) is 1.68. The van der Waals surface area contributed by atoms with Gasteiger partial charge >= 0.3 is 6.18 Å². The van der Waals surface area contributed by atoms with Gasteiger partial charge in [0, 0.05) is 26.3 Å². The first-order valence-corrected chi connectivity index (χ1v) is 6.59. The Hall–Kier alpha value is -2.39. The number of amides is 1. The van der Waals surface area contributed by atoms with Crippen molar-refractivity contribution >= 4 is 5.91 Å². The highest BCUT2D eigenvalue weighted by Crippen LogP contribution is 2.33. The number of fused-ring (bicyclic) bond motifs is 1. The van der Waals surface area contributed by atoms with E-state index in [0.29, 0.717) is 5.56 Å². The van der Waals surface area contributed by atoms with Gasteiger partial charge in [0.25, 0.3) is 5.91 Å². The third kappa shape index (κ3) is 2.24. The van der Waals surface area contributed by atoms with Crippen molar-refractivity contribution in [2.75, 3.05) is 6.54 Å². The van der Waals surface area contributed by atoms with E-state index < -0.39 is 18.0 Å². The normalized spacial score (nSPS) is 18.4. The van der Waals surface area contributed by atoms with E-state index in [9.17, 15) is 18.0 Å². The Kier molecular flexibility index (Phi) is 3.18. The molecule has 2 aromatic rings. The van der Waals surface area contributed by atoms with Gasteiger partial charge in [-0.2, -0.15) is 18.3 Å². The van der Waals surface area contributed by atoms with Crippen molar-refractivity contribution in [3.05, 3.63) is 29.6 Å². The minimum absolute atomic E-state index is 0.00746. The summed E-state index contributed by atoms with van der Waals surface area (Å²) in [4.78, 5) is 13.9. The number of alkyl halides is 3.